The van der Waals surface area contributed by atoms with Crippen molar-refractivity contribution in [2.75, 3.05) is 23.1 Å². The molecule has 2 N–H and O–H groups in total. The maximum atomic E-state index is 12.3. The number of carbonyl (C=O) groups is 2. The van der Waals surface area contributed by atoms with Crippen molar-refractivity contribution in [3.05, 3.63) is 24.3 Å². The molecule has 0 aliphatic heterocycles. The number of carboxylic acids is 1. The van der Waals surface area contributed by atoms with Crippen molar-refractivity contribution in [3.63, 3.8) is 0 Å². The van der Waals surface area contributed by atoms with Gasteiger partial charge in [-0.25, -0.2) is 0 Å². The van der Waals surface area contributed by atoms with E-state index in [4.69, 9.17) is 5.11 Å². The number of unbranched alkanes of at least 4 members (excludes halogenated alkanes) is 11. The Morgan fingerprint density at radius 3 is 1.91 bits per heavy atom. The average Bonchev–Trinajstić information content (AvgIpc) is 2.78. The van der Waals surface area contributed by atoms with Gasteiger partial charge >= 0.3 is 5.97 Å². The van der Waals surface area contributed by atoms with Crippen LogP contribution in [0.15, 0.2) is 29.2 Å². The second kappa shape index (κ2) is 20.5. The minimum absolute atomic E-state index is 0.0705. The fraction of sp³-hybridized carbons (Fsp3) is 0.692. The van der Waals surface area contributed by atoms with Crippen LogP contribution in [0.2, 0.25) is 0 Å². The van der Waals surface area contributed by atoms with Crippen LogP contribution in [0, 0.1) is 0 Å². The van der Waals surface area contributed by atoms with E-state index < -0.39 is 5.97 Å². The molecule has 0 heterocycles. The predicted octanol–water partition coefficient (Wildman–Crippen LogP) is 8.02. The molecule has 0 atom stereocenters. The van der Waals surface area contributed by atoms with E-state index in [1.54, 1.807) is 11.8 Å². The van der Waals surface area contributed by atoms with Gasteiger partial charge in [0.1, 0.15) is 0 Å². The maximum absolute atomic E-state index is 12.3. The molecule has 0 aliphatic rings. The fourth-order valence-corrected chi connectivity index (χ4v) is 5.06. The van der Waals surface area contributed by atoms with Gasteiger partial charge in [0.05, 0.1) is 5.69 Å². The number of thioether (sulfide) groups is 2. The number of rotatable bonds is 21. The number of benzene rings is 1. The van der Waals surface area contributed by atoms with Gasteiger partial charge in [-0.1, -0.05) is 76.3 Å². The van der Waals surface area contributed by atoms with E-state index in [-0.39, 0.29) is 12.3 Å². The van der Waals surface area contributed by atoms with Gasteiger partial charge in [0.2, 0.25) is 5.91 Å². The molecule has 0 saturated heterocycles. The summed E-state index contributed by atoms with van der Waals surface area (Å²) in [5.74, 6) is 1.35. The molecule has 0 saturated carbocycles. The Morgan fingerprint density at radius 1 is 0.750 bits per heavy atom. The van der Waals surface area contributed by atoms with Crippen molar-refractivity contribution in [1.29, 1.82) is 0 Å². The number of hydrogen-bond donors (Lipinski definition) is 2. The Bertz CT molecular complexity index is 625. The summed E-state index contributed by atoms with van der Waals surface area (Å²) < 4.78 is 0. The van der Waals surface area contributed by atoms with E-state index in [1.165, 1.54) is 70.0 Å². The Labute approximate surface area is 204 Å². The Kier molecular flexibility index (Phi) is 18.5. The molecule has 0 unspecified atom stereocenters. The minimum atomic E-state index is -0.764. The van der Waals surface area contributed by atoms with Crippen LogP contribution < -0.4 is 5.32 Å². The highest BCUT2D eigenvalue weighted by molar-refractivity contribution is 7.99. The summed E-state index contributed by atoms with van der Waals surface area (Å²) in [7, 11) is 0. The van der Waals surface area contributed by atoms with Crippen molar-refractivity contribution in [2.45, 2.75) is 101 Å². The molecule has 0 spiro atoms. The molecule has 32 heavy (non-hydrogen) atoms. The molecule has 0 aliphatic carbocycles. The van der Waals surface area contributed by atoms with Gasteiger partial charge in [-0.05, 0) is 49.2 Å². The van der Waals surface area contributed by atoms with Crippen LogP contribution in [0.4, 0.5) is 5.69 Å². The lowest BCUT2D eigenvalue weighted by molar-refractivity contribution is -0.137. The number of amides is 1. The number of para-hydroxylation sites is 1. The summed E-state index contributed by atoms with van der Waals surface area (Å²) in [5.41, 5.74) is 0.835. The molecule has 1 aromatic rings. The summed E-state index contributed by atoms with van der Waals surface area (Å²) in [6.45, 7) is 0. The number of nitrogens with one attached hydrogen (secondary N) is 1. The van der Waals surface area contributed by atoms with E-state index in [0.29, 0.717) is 12.8 Å². The first-order valence-electron chi connectivity index (χ1n) is 12.4. The smallest absolute Gasteiger partial charge is 0.303 e. The highest BCUT2D eigenvalue weighted by Crippen LogP contribution is 2.28. The van der Waals surface area contributed by atoms with Gasteiger partial charge < -0.3 is 10.4 Å². The quantitative estimate of drug-likeness (QED) is 0.137. The van der Waals surface area contributed by atoms with Gasteiger partial charge in [-0.2, -0.15) is 11.8 Å². The van der Waals surface area contributed by atoms with Crippen LogP contribution in [0.3, 0.4) is 0 Å². The molecule has 0 radical (unpaired) electrons. The lowest BCUT2D eigenvalue weighted by Crippen LogP contribution is -2.11. The average molecular weight is 482 g/mol. The summed E-state index contributed by atoms with van der Waals surface area (Å²) in [6, 6.07) is 7.76. The van der Waals surface area contributed by atoms with Crippen LogP contribution in [-0.2, 0) is 9.59 Å². The van der Waals surface area contributed by atoms with Crippen molar-refractivity contribution >= 4 is 41.1 Å². The Hall–Kier alpha value is -1.14. The topological polar surface area (TPSA) is 66.4 Å². The first kappa shape index (κ1) is 28.9. The van der Waals surface area contributed by atoms with Gasteiger partial charge in [0.25, 0.3) is 0 Å². The summed E-state index contributed by atoms with van der Waals surface area (Å²) >= 11 is 3.55. The monoisotopic (exact) mass is 481 g/mol. The molecular weight excluding hydrogens is 438 g/mol. The van der Waals surface area contributed by atoms with Crippen molar-refractivity contribution in [3.8, 4) is 0 Å². The van der Waals surface area contributed by atoms with E-state index in [0.717, 1.165) is 29.2 Å². The number of anilines is 1. The van der Waals surface area contributed by atoms with Crippen LogP contribution in [0.1, 0.15) is 96.3 Å². The molecular formula is C26H43NO3S2. The zero-order valence-electron chi connectivity index (χ0n) is 19.9. The third-order valence-corrected chi connectivity index (χ3v) is 7.31. The van der Waals surface area contributed by atoms with Gasteiger partial charge in [0, 0.05) is 17.7 Å². The summed E-state index contributed by atoms with van der Waals surface area (Å²) in [4.78, 5) is 23.9. The van der Waals surface area contributed by atoms with Crippen molar-refractivity contribution in [2.24, 2.45) is 0 Å². The molecule has 1 rings (SSSR count). The third-order valence-electron chi connectivity index (χ3n) is 5.46. The maximum Gasteiger partial charge on any atom is 0.303 e. The predicted molar refractivity (Wildman–Crippen MR) is 141 cm³/mol. The summed E-state index contributed by atoms with van der Waals surface area (Å²) in [5, 5.41) is 11.8. The van der Waals surface area contributed by atoms with E-state index in [2.05, 4.69) is 11.6 Å². The molecule has 1 aromatic carbocycles. The summed E-state index contributed by atoms with van der Waals surface area (Å²) in [6.07, 6.45) is 19.1. The molecule has 6 heteroatoms. The molecule has 0 fully saturated rings. The molecule has 182 valence electrons. The highest BCUT2D eigenvalue weighted by Gasteiger charge is 2.07. The largest absolute Gasteiger partial charge is 0.481 e. The van der Waals surface area contributed by atoms with Crippen LogP contribution in [0.25, 0.3) is 0 Å². The standard InChI is InChI=1S/C26H43NO3S2/c1-31-21-15-11-9-7-5-3-2-4-6-8-10-12-19-25(28)27-23-17-13-14-18-24(23)32-22-16-20-26(29)30/h13-14,17-18H,2-12,15-16,19-22H2,1H3,(H,27,28)(H,29,30). The zero-order chi connectivity index (χ0) is 23.3. The van der Waals surface area contributed by atoms with Gasteiger partial charge in [-0.3, -0.25) is 9.59 Å². The van der Waals surface area contributed by atoms with E-state index in [1.807, 2.05) is 36.0 Å². The normalized spacial score (nSPS) is 10.9. The highest BCUT2D eigenvalue weighted by atomic mass is 32.2. The Balaban J connectivity index is 2.02. The van der Waals surface area contributed by atoms with E-state index >= 15 is 0 Å². The van der Waals surface area contributed by atoms with Crippen molar-refractivity contribution < 1.29 is 14.7 Å². The number of carbonyl (C=O) groups excluding carboxylic acids is 1. The molecule has 0 aromatic heterocycles. The number of hydrogen-bond acceptors (Lipinski definition) is 4. The van der Waals surface area contributed by atoms with Crippen LogP contribution >= 0.6 is 23.5 Å². The first-order chi connectivity index (χ1) is 15.6. The lowest BCUT2D eigenvalue weighted by Gasteiger charge is -2.10. The number of aliphatic carboxylic acids is 1. The van der Waals surface area contributed by atoms with E-state index in [9.17, 15) is 9.59 Å². The number of carboxylic acid groups (broad SMARTS) is 1. The molecule has 1 amide bonds. The second-order valence-electron chi connectivity index (χ2n) is 8.38. The van der Waals surface area contributed by atoms with Crippen LogP contribution in [-0.4, -0.2) is 34.7 Å². The first-order valence-corrected chi connectivity index (χ1v) is 14.7. The third kappa shape index (κ3) is 16.5. The minimum Gasteiger partial charge on any atom is -0.481 e. The van der Waals surface area contributed by atoms with Crippen LogP contribution in [0.5, 0.6) is 0 Å². The van der Waals surface area contributed by atoms with Gasteiger partial charge in [-0.15, -0.1) is 11.8 Å². The lowest BCUT2D eigenvalue weighted by atomic mass is 10.0. The second-order valence-corrected chi connectivity index (χ2v) is 10.5. The fourth-order valence-electron chi connectivity index (χ4n) is 3.61. The van der Waals surface area contributed by atoms with Gasteiger partial charge in [0.15, 0.2) is 0 Å². The molecule has 4 nitrogen and oxygen atoms in total. The zero-order valence-corrected chi connectivity index (χ0v) is 21.5. The SMILES string of the molecule is CSCCCCCCCCCCCCCCC(=O)Nc1ccccc1SCCCC(=O)O. The molecule has 0 bridgehead atoms. The van der Waals surface area contributed by atoms with Crippen molar-refractivity contribution in [1.82, 2.24) is 0 Å². The Morgan fingerprint density at radius 2 is 1.31 bits per heavy atom.